The Morgan fingerprint density at radius 2 is 2.32 bits per heavy atom. The number of carbonyl (C=O) groups excluding carboxylic acids is 1. The molecule has 19 heavy (non-hydrogen) atoms. The standard InChI is InChI=1S/C14H16FIO3/c1-10(17)18-7-11-6-14(9-16,19-8-11)12-4-2-3-5-13(12)15/h2-5,11H,6-9H2,1H3/t11-,14+/m0/s1. The van der Waals surface area contributed by atoms with Gasteiger partial charge in [-0.1, -0.05) is 40.8 Å². The van der Waals surface area contributed by atoms with E-state index in [1.807, 2.05) is 6.07 Å². The van der Waals surface area contributed by atoms with Crippen LogP contribution in [0.1, 0.15) is 18.9 Å². The number of esters is 1. The number of carbonyl (C=O) groups is 1. The van der Waals surface area contributed by atoms with Crippen molar-refractivity contribution in [3.05, 3.63) is 35.6 Å². The van der Waals surface area contributed by atoms with E-state index in [0.717, 1.165) is 0 Å². The predicted octanol–water partition coefficient (Wildman–Crippen LogP) is 3.06. The second-order valence-electron chi connectivity index (χ2n) is 4.79. The summed E-state index contributed by atoms with van der Waals surface area (Å²) in [6, 6.07) is 6.70. The smallest absolute Gasteiger partial charge is 0.302 e. The molecular weight excluding hydrogens is 362 g/mol. The molecule has 1 aliphatic heterocycles. The molecule has 1 saturated heterocycles. The van der Waals surface area contributed by atoms with Gasteiger partial charge in [0.15, 0.2) is 0 Å². The van der Waals surface area contributed by atoms with E-state index in [2.05, 4.69) is 22.6 Å². The maximum Gasteiger partial charge on any atom is 0.302 e. The molecule has 1 aromatic rings. The summed E-state index contributed by atoms with van der Waals surface area (Å²) >= 11 is 2.21. The summed E-state index contributed by atoms with van der Waals surface area (Å²) in [5.41, 5.74) is -0.00814. The van der Waals surface area contributed by atoms with E-state index in [-0.39, 0.29) is 17.7 Å². The van der Waals surface area contributed by atoms with Crippen LogP contribution >= 0.6 is 22.6 Å². The zero-order valence-electron chi connectivity index (χ0n) is 10.7. The first-order chi connectivity index (χ1) is 9.07. The van der Waals surface area contributed by atoms with Gasteiger partial charge in [0, 0.05) is 22.8 Å². The number of hydrogen-bond donors (Lipinski definition) is 0. The van der Waals surface area contributed by atoms with Crippen LogP contribution in [0.2, 0.25) is 0 Å². The zero-order valence-corrected chi connectivity index (χ0v) is 12.9. The second kappa shape index (κ2) is 6.17. The highest BCUT2D eigenvalue weighted by Crippen LogP contribution is 2.41. The molecule has 0 saturated carbocycles. The van der Waals surface area contributed by atoms with Gasteiger partial charge in [-0.25, -0.2) is 4.39 Å². The minimum absolute atomic E-state index is 0.123. The van der Waals surface area contributed by atoms with Gasteiger partial charge in [-0.3, -0.25) is 4.79 Å². The van der Waals surface area contributed by atoms with Gasteiger partial charge in [0.05, 0.1) is 13.2 Å². The lowest BCUT2D eigenvalue weighted by Crippen LogP contribution is -2.28. The number of hydrogen-bond acceptors (Lipinski definition) is 3. The first-order valence-electron chi connectivity index (χ1n) is 6.16. The molecule has 1 fully saturated rings. The van der Waals surface area contributed by atoms with Gasteiger partial charge in [0.25, 0.3) is 0 Å². The summed E-state index contributed by atoms with van der Waals surface area (Å²) in [7, 11) is 0. The van der Waals surface area contributed by atoms with Crippen LogP contribution in [-0.2, 0) is 19.9 Å². The van der Waals surface area contributed by atoms with Crippen molar-refractivity contribution in [2.24, 2.45) is 5.92 Å². The molecule has 2 rings (SSSR count). The van der Waals surface area contributed by atoms with E-state index in [1.54, 1.807) is 12.1 Å². The lowest BCUT2D eigenvalue weighted by Gasteiger charge is -2.27. The number of rotatable bonds is 4. The molecule has 0 unspecified atom stereocenters. The number of halogens is 2. The Morgan fingerprint density at radius 1 is 1.58 bits per heavy atom. The topological polar surface area (TPSA) is 35.5 Å². The molecule has 0 bridgehead atoms. The molecule has 1 heterocycles. The van der Waals surface area contributed by atoms with Gasteiger partial charge in [0.1, 0.15) is 11.4 Å². The highest BCUT2D eigenvalue weighted by atomic mass is 127. The monoisotopic (exact) mass is 378 g/mol. The Bertz CT molecular complexity index is 466. The van der Waals surface area contributed by atoms with Crippen molar-refractivity contribution in [1.82, 2.24) is 0 Å². The van der Waals surface area contributed by atoms with E-state index >= 15 is 0 Å². The molecule has 0 N–H and O–H groups in total. The van der Waals surface area contributed by atoms with Crippen LogP contribution in [0, 0.1) is 11.7 Å². The maximum absolute atomic E-state index is 13.9. The Balaban J connectivity index is 2.13. The first-order valence-corrected chi connectivity index (χ1v) is 7.68. The molecular formula is C14H16FIO3. The molecule has 5 heteroatoms. The molecule has 1 aromatic carbocycles. The van der Waals surface area contributed by atoms with Crippen molar-refractivity contribution in [2.75, 3.05) is 17.6 Å². The summed E-state index contributed by atoms with van der Waals surface area (Å²) in [5, 5.41) is 0. The third-order valence-corrected chi connectivity index (χ3v) is 4.55. The Labute approximate surface area is 125 Å². The normalized spacial score (nSPS) is 26.4. The summed E-state index contributed by atoms with van der Waals surface area (Å²) in [4.78, 5) is 10.8. The van der Waals surface area contributed by atoms with Crippen molar-refractivity contribution in [3.63, 3.8) is 0 Å². The Morgan fingerprint density at radius 3 is 2.95 bits per heavy atom. The van der Waals surface area contributed by atoms with Gasteiger partial charge in [0.2, 0.25) is 0 Å². The van der Waals surface area contributed by atoms with Crippen LogP contribution < -0.4 is 0 Å². The number of benzene rings is 1. The summed E-state index contributed by atoms with van der Waals surface area (Å²) in [5.74, 6) is -0.413. The van der Waals surface area contributed by atoms with Crippen LogP contribution in [0.15, 0.2) is 24.3 Å². The third kappa shape index (κ3) is 3.25. The van der Waals surface area contributed by atoms with Crippen LogP contribution in [0.3, 0.4) is 0 Å². The Kier molecular flexibility index (Phi) is 4.78. The lowest BCUT2D eigenvalue weighted by atomic mass is 9.89. The quantitative estimate of drug-likeness (QED) is 0.459. The molecule has 0 spiro atoms. The van der Waals surface area contributed by atoms with Crippen LogP contribution in [0.4, 0.5) is 4.39 Å². The van der Waals surface area contributed by atoms with E-state index in [1.165, 1.54) is 13.0 Å². The van der Waals surface area contributed by atoms with Crippen molar-refractivity contribution in [1.29, 1.82) is 0 Å². The van der Waals surface area contributed by atoms with Crippen LogP contribution in [0.5, 0.6) is 0 Å². The summed E-state index contributed by atoms with van der Waals surface area (Å²) in [6.45, 7) is 2.21. The van der Waals surface area contributed by atoms with Gasteiger partial charge in [-0.15, -0.1) is 0 Å². The summed E-state index contributed by atoms with van der Waals surface area (Å²) < 4.78 is 25.5. The molecule has 104 valence electrons. The van der Waals surface area contributed by atoms with Crippen LogP contribution in [-0.4, -0.2) is 23.6 Å². The van der Waals surface area contributed by atoms with E-state index < -0.39 is 5.60 Å². The summed E-state index contributed by atoms with van der Waals surface area (Å²) in [6.07, 6.45) is 0.671. The molecule has 1 aliphatic rings. The van der Waals surface area contributed by atoms with Gasteiger partial charge in [-0.05, 0) is 12.5 Å². The van der Waals surface area contributed by atoms with Crippen molar-refractivity contribution in [3.8, 4) is 0 Å². The van der Waals surface area contributed by atoms with E-state index in [0.29, 0.717) is 29.6 Å². The van der Waals surface area contributed by atoms with Crippen molar-refractivity contribution >= 4 is 28.6 Å². The molecule has 0 amide bonds. The zero-order chi connectivity index (χ0) is 13.9. The van der Waals surface area contributed by atoms with Crippen molar-refractivity contribution < 1.29 is 18.7 Å². The average molecular weight is 378 g/mol. The molecule has 3 nitrogen and oxygen atoms in total. The van der Waals surface area contributed by atoms with E-state index in [9.17, 15) is 9.18 Å². The second-order valence-corrected chi connectivity index (χ2v) is 5.55. The number of alkyl halides is 1. The van der Waals surface area contributed by atoms with Crippen molar-refractivity contribution in [2.45, 2.75) is 18.9 Å². The molecule has 0 aliphatic carbocycles. The Hall–Kier alpha value is -0.690. The van der Waals surface area contributed by atoms with Crippen LogP contribution in [0.25, 0.3) is 0 Å². The third-order valence-electron chi connectivity index (χ3n) is 3.32. The highest BCUT2D eigenvalue weighted by molar-refractivity contribution is 14.1. The molecule has 2 atom stereocenters. The SMILES string of the molecule is CC(=O)OC[C@H]1CO[C@](CI)(c2ccccc2F)C1. The minimum Gasteiger partial charge on any atom is -0.465 e. The highest BCUT2D eigenvalue weighted by Gasteiger charge is 2.42. The molecule has 0 radical (unpaired) electrons. The molecule has 0 aromatic heterocycles. The van der Waals surface area contributed by atoms with Gasteiger partial charge >= 0.3 is 5.97 Å². The van der Waals surface area contributed by atoms with Gasteiger partial charge < -0.3 is 9.47 Å². The fourth-order valence-corrected chi connectivity index (χ4v) is 3.33. The maximum atomic E-state index is 13.9. The van der Waals surface area contributed by atoms with Gasteiger partial charge in [-0.2, -0.15) is 0 Å². The fraction of sp³-hybridized carbons (Fsp3) is 0.500. The average Bonchev–Trinajstić information content (AvgIpc) is 2.82. The first kappa shape index (κ1) is 14.7. The largest absolute Gasteiger partial charge is 0.465 e. The lowest BCUT2D eigenvalue weighted by molar-refractivity contribution is -0.142. The van der Waals surface area contributed by atoms with E-state index in [4.69, 9.17) is 9.47 Å². The fourth-order valence-electron chi connectivity index (χ4n) is 2.39. The number of ether oxygens (including phenoxy) is 2. The predicted molar refractivity (Wildman–Crippen MR) is 77.7 cm³/mol. The minimum atomic E-state index is -0.600.